The normalized spacial score (nSPS) is 19.6. The lowest BCUT2D eigenvalue weighted by atomic mass is 9.99. The van der Waals surface area contributed by atoms with Gasteiger partial charge >= 0.3 is 0 Å². The van der Waals surface area contributed by atoms with Crippen LogP contribution in [0.3, 0.4) is 0 Å². The summed E-state index contributed by atoms with van der Waals surface area (Å²) in [5.74, 6) is -0.176. The largest absolute Gasteiger partial charge is 0.326 e. The van der Waals surface area contributed by atoms with Crippen molar-refractivity contribution in [2.75, 3.05) is 18.4 Å². The van der Waals surface area contributed by atoms with Gasteiger partial charge in [-0.25, -0.2) is 13.6 Å². The van der Waals surface area contributed by atoms with Crippen molar-refractivity contribution in [3.8, 4) is 0 Å². The summed E-state index contributed by atoms with van der Waals surface area (Å²) in [6.07, 6.45) is 1.81. The van der Waals surface area contributed by atoms with Gasteiger partial charge in [0.05, 0.1) is 10.8 Å². The molecule has 0 unspecified atom stereocenters. The number of nitrogens with two attached hydrogens (primary N) is 1. The fraction of sp³-hybridized carbons (Fsp3) is 0.462. The van der Waals surface area contributed by atoms with Gasteiger partial charge in [-0.3, -0.25) is 4.79 Å². The molecule has 1 saturated heterocycles. The van der Waals surface area contributed by atoms with E-state index in [1.54, 1.807) is 19.1 Å². The van der Waals surface area contributed by atoms with Crippen molar-refractivity contribution in [3.05, 3.63) is 23.8 Å². The van der Waals surface area contributed by atoms with Gasteiger partial charge in [0.2, 0.25) is 15.9 Å². The molecule has 4 N–H and O–H groups in total. The molecule has 0 radical (unpaired) electrons. The number of amides is 1. The van der Waals surface area contributed by atoms with Gasteiger partial charge in [0.1, 0.15) is 0 Å². The number of nitrogens with one attached hydrogen (secondary N) is 2. The molecule has 1 aromatic rings. The van der Waals surface area contributed by atoms with Crippen LogP contribution < -0.4 is 15.8 Å². The molecule has 2 rings (SSSR count). The predicted octanol–water partition coefficient (Wildman–Crippen LogP) is 0.581. The lowest BCUT2D eigenvalue weighted by Gasteiger charge is -2.22. The van der Waals surface area contributed by atoms with Crippen LogP contribution >= 0.6 is 0 Å². The Labute approximate surface area is 118 Å². The van der Waals surface area contributed by atoms with Gasteiger partial charge in [-0.05, 0) is 44.0 Å². The van der Waals surface area contributed by atoms with E-state index in [0.29, 0.717) is 17.8 Å². The van der Waals surface area contributed by atoms with Gasteiger partial charge in [-0.2, -0.15) is 0 Å². The Morgan fingerprint density at radius 1 is 1.45 bits per heavy atom. The summed E-state index contributed by atoms with van der Waals surface area (Å²) >= 11 is 0. The van der Waals surface area contributed by atoms with Crippen LogP contribution in [0.5, 0.6) is 0 Å². The molecule has 0 aromatic heterocycles. The number of carbonyl (C=O) groups is 1. The summed E-state index contributed by atoms with van der Waals surface area (Å²) in [6.45, 7) is 3.25. The Morgan fingerprint density at radius 2 is 2.20 bits per heavy atom. The Bertz CT molecular complexity index is 607. The van der Waals surface area contributed by atoms with E-state index >= 15 is 0 Å². The second kappa shape index (κ2) is 5.90. The molecule has 6 nitrogen and oxygen atoms in total. The lowest BCUT2D eigenvalue weighted by Crippen LogP contribution is -2.37. The maximum absolute atomic E-state index is 12.1. The van der Waals surface area contributed by atoms with E-state index in [-0.39, 0.29) is 16.7 Å². The first-order valence-corrected chi connectivity index (χ1v) is 8.07. The van der Waals surface area contributed by atoms with Gasteiger partial charge < -0.3 is 10.6 Å². The summed E-state index contributed by atoms with van der Waals surface area (Å²) in [7, 11) is -3.78. The lowest BCUT2D eigenvalue weighted by molar-refractivity contribution is -0.120. The zero-order chi connectivity index (χ0) is 14.8. The zero-order valence-electron chi connectivity index (χ0n) is 11.3. The minimum Gasteiger partial charge on any atom is -0.326 e. The van der Waals surface area contributed by atoms with Crippen LogP contribution in [0.15, 0.2) is 23.1 Å². The van der Waals surface area contributed by atoms with E-state index in [1.807, 2.05) is 0 Å². The Morgan fingerprint density at radius 3 is 2.80 bits per heavy atom. The second-order valence-electron chi connectivity index (χ2n) is 5.06. The van der Waals surface area contributed by atoms with E-state index in [2.05, 4.69) is 10.6 Å². The maximum atomic E-state index is 12.1. The van der Waals surface area contributed by atoms with Crippen molar-refractivity contribution in [3.63, 3.8) is 0 Å². The van der Waals surface area contributed by atoms with Crippen LogP contribution in [0.1, 0.15) is 18.4 Å². The van der Waals surface area contributed by atoms with E-state index in [1.165, 1.54) is 6.07 Å². The standard InChI is InChI=1S/C13H19N3O3S/c1-9-4-5-11(7-12(9)20(14,18)19)16-13(17)10-3-2-6-15-8-10/h4-5,7,10,15H,2-3,6,8H2,1H3,(H,16,17)(H2,14,18,19)/t10-/m0/s1. The van der Waals surface area contributed by atoms with E-state index < -0.39 is 10.0 Å². The third-order valence-electron chi connectivity index (χ3n) is 3.43. The first-order chi connectivity index (χ1) is 9.38. The highest BCUT2D eigenvalue weighted by Gasteiger charge is 2.21. The number of aryl methyl sites for hydroxylation is 1. The number of primary sulfonamides is 1. The molecule has 7 heteroatoms. The average molecular weight is 297 g/mol. The van der Waals surface area contributed by atoms with Gasteiger partial charge in [0.25, 0.3) is 0 Å². The molecule has 1 heterocycles. The summed E-state index contributed by atoms with van der Waals surface area (Å²) in [6, 6.07) is 4.71. The number of piperidine rings is 1. The first kappa shape index (κ1) is 15.0. The number of hydrogen-bond acceptors (Lipinski definition) is 4. The van der Waals surface area contributed by atoms with E-state index in [9.17, 15) is 13.2 Å². The van der Waals surface area contributed by atoms with Crippen molar-refractivity contribution in [1.29, 1.82) is 0 Å². The molecule has 20 heavy (non-hydrogen) atoms. The van der Waals surface area contributed by atoms with Gasteiger partial charge in [-0.15, -0.1) is 0 Å². The molecule has 1 amide bonds. The van der Waals surface area contributed by atoms with Crippen molar-refractivity contribution in [2.24, 2.45) is 11.1 Å². The summed E-state index contributed by atoms with van der Waals surface area (Å²) in [5.41, 5.74) is 1.01. The average Bonchev–Trinajstić information content (AvgIpc) is 2.40. The van der Waals surface area contributed by atoms with Crippen molar-refractivity contribution < 1.29 is 13.2 Å². The van der Waals surface area contributed by atoms with Gasteiger partial charge in [-0.1, -0.05) is 6.07 Å². The number of carbonyl (C=O) groups excluding carboxylic acids is 1. The molecule has 0 aliphatic carbocycles. The Balaban J connectivity index is 2.15. The third kappa shape index (κ3) is 3.56. The number of rotatable bonds is 3. The quantitative estimate of drug-likeness (QED) is 0.759. The SMILES string of the molecule is Cc1ccc(NC(=O)[C@H]2CCCNC2)cc1S(N)(=O)=O. The fourth-order valence-electron chi connectivity index (χ4n) is 2.30. The molecule has 0 spiro atoms. The van der Waals surface area contributed by atoms with Crippen molar-refractivity contribution in [2.45, 2.75) is 24.7 Å². The zero-order valence-corrected chi connectivity index (χ0v) is 12.2. The minimum atomic E-state index is -3.78. The van der Waals surface area contributed by atoms with Crippen LogP contribution in [0.2, 0.25) is 0 Å². The molecule has 0 bridgehead atoms. The molecule has 1 atom stereocenters. The molecular weight excluding hydrogens is 278 g/mol. The van der Waals surface area contributed by atoms with Crippen LogP contribution in [-0.4, -0.2) is 27.4 Å². The van der Waals surface area contributed by atoms with Crippen molar-refractivity contribution in [1.82, 2.24) is 5.32 Å². The molecule has 1 aliphatic heterocycles. The summed E-state index contributed by atoms with van der Waals surface area (Å²) < 4.78 is 22.9. The van der Waals surface area contributed by atoms with Gasteiger partial charge in [0.15, 0.2) is 0 Å². The molecule has 110 valence electrons. The predicted molar refractivity (Wildman–Crippen MR) is 76.8 cm³/mol. The highest BCUT2D eigenvalue weighted by Crippen LogP contribution is 2.20. The Kier molecular flexibility index (Phi) is 4.42. The fourth-order valence-corrected chi connectivity index (χ4v) is 3.11. The highest BCUT2D eigenvalue weighted by molar-refractivity contribution is 7.89. The van der Waals surface area contributed by atoms with E-state index in [4.69, 9.17) is 5.14 Å². The minimum absolute atomic E-state index is 0.0390. The monoisotopic (exact) mass is 297 g/mol. The summed E-state index contributed by atoms with van der Waals surface area (Å²) in [4.78, 5) is 12.1. The number of benzene rings is 1. The van der Waals surface area contributed by atoms with Crippen LogP contribution in [0.4, 0.5) is 5.69 Å². The van der Waals surface area contributed by atoms with Crippen LogP contribution in [-0.2, 0) is 14.8 Å². The highest BCUT2D eigenvalue weighted by atomic mass is 32.2. The number of hydrogen-bond donors (Lipinski definition) is 3. The second-order valence-corrected chi connectivity index (χ2v) is 6.59. The number of sulfonamides is 1. The smallest absolute Gasteiger partial charge is 0.238 e. The Hall–Kier alpha value is -1.44. The number of anilines is 1. The van der Waals surface area contributed by atoms with Gasteiger partial charge in [0, 0.05) is 12.2 Å². The molecule has 0 saturated carbocycles. The summed E-state index contributed by atoms with van der Waals surface area (Å²) in [5, 5.41) is 11.1. The molecule has 1 aromatic carbocycles. The van der Waals surface area contributed by atoms with Crippen molar-refractivity contribution >= 4 is 21.6 Å². The van der Waals surface area contributed by atoms with Crippen LogP contribution in [0.25, 0.3) is 0 Å². The molecular formula is C13H19N3O3S. The van der Waals surface area contributed by atoms with Crippen LogP contribution in [0, 0.1) is 12.8 Å². The maximum Gasteiger partial charge on any atom is 0.238 e. The molecule has 1 fully saturated rings. The topological polar surface area (TPSA) is 101 Å². The first-order valence-electron chi connectivity index (χ1n) is 6.53. The third-order valence-corrected chi connectivity index (χ3v) is 4.48. The van der Waals surface area contributed by atoms with E-state index in [0.717, 1.165) is 19.4 Å². The molecule has 1 aliphatic rings.